The second-order valence-electron chi connectivity index (χ2n) is 6.34. The molecular formula is C19H33N. The zero-order valence-corrected chi connectivity index (χ0v) is 13.8. The minimum atomic E-state index is 0.795. The van der Waals surface area contributed by atoms with Crippen molar-refractivity contribution in [2.75, 3.05) is 6.54 Å². The lowest BCUT2D eigenvalue weighted by Gasteiger charge is -2.07. The largest absolute Gasteiger partial charge is 0.313 e. The molecule has 0 radical (unpaired) electrons. The Morgan fingerprint density at radius 3 is 2.20 bits per heavy atom. The standard InChI is InChI=1S/C19H33N/c1-4-5-6-7-8-15-20-16-19-13-11-18(12-14-19)10-9-17(2)3/h11-14,17,20H,4-10,15-16H2,1-3H3. The minimum Gasteiger partial charge on any atom is -0.313 e. The van der Waals surface area contributed by atoms with Gasteiger partial charge < -0.3 is 5.32 Å². The summed E-state index contributed by atoms with van der Waals surface area (Å²) in [5.41, 5.74) is 2.88. The summed E-state index contributed by atoms with van der Waals surface area (Å²) in [5, 5.41) is 3.55. The molecule has 0 fully saturated rings. The summed E-state index contributed by atoms with van der Waals surface area (Å²) in [5.74, 6) is 0.795. The molecule has 0 aliphatic heterocycles. The predicted molar refractivity (Wildman–Crippen MR) is 90.1 cm³/mol. The van der Waals surface area contributed by atoms with Gasteiger partial charge in [0.05, 0.1) is 0 Å². The van der Waals surface area contributed by atoms with E-state index in [0.29, 0.717) is 0 Å². The molecule has 114 valence electrons. The van der Waals surface area contributed by atoms with Gasteiger partial charge in [-0.25, -0.2) is 0 Å². The fourth-order valence-electron chi connectivity index (χ4n) is 2.37. The van der Waals surface area contributed by atoms with Crippen molar-refractivity contribution in [3.63, 3.8) is 0 Å². The smallest absolute Gasteiger partial charge is 0.0205 e. The molecule has 0 saturated heterocycles. The van der Waals surface area contributed by atoms with Crippen molar-refractivity contribution in [2.24, 2.45) is 5.92 Å². The Kier molecular flexibility index (Phi) is 9.40. The van der Waals surface area contributed by atoms with Gasteiger partial charge in [0.25, 0.3) is 0 Å². The molecule has 1 rings (SSSR count). The summed E-state index contributed by atoms with van der Waals surface area (Å²) in [6.07, 6.45) is 9.29. The average molecular weight is 275 g/mol. The van der Waals surface area contributed by atoms with Crippen LogP contribution < -0.4 is 5.32 Å². The van der Waals surface area contributed by atoms with Crippen LogP contribution in [0.25, 0.3) is 0 Å². The first kappa shape index (κ1) is 17.2. The summed E-state index contributed by atoms with van der Waals surface area (Å²) in [6, 6.07) is 9.14. The Hall–Kier alpha value is -0.820. The molecule has 0 spiro atoms. The van der Waals surface area contributed by atoms with E-state index in [1.807, 2.05) is 0 Å². The number of aryl methyl sites for hydroxylation is 1. The topological polar surface area (TPSA) is 12.0 Å². The fourth-order valence-corrected chi connectivity index (χ4v) is 2.37. The quantitative estimate of drug-likeness (QED) is 0.538. The van der Waals surface area contributed by atoms with E-state index in [4.69, 9.17) is 0 Å². The number of unbranched alkanes of at least 4 members (excludes halogenated alkanes) is 4. The van der Waals surface area contributed by atoms with Gasteiger partial charge in [0.1, 0.15) is 0 Å². The third-order valence-electron chi connectivity index (χ3n) is 3.82. The Morgan fingerprint density at radius 2 is 1.55 bits per heavy atom. The molecule has 0 atom stereocenters. The highest BCUT2D eigenvalue weighted by atomic mass is 14.8. The molecule has 0 aromatic heterocycles. The second-order valence-corrected chi connectivity index (χ2v) is 6.34. The molecule has 0 amide bonds. The van der Waals surface area contributed by atoms with Gasteiger partial charge in [-0.3, -0.25) is 0 Å². The van der Waals surface area contributed by atoms with Gasteiger partial charge in [0.2, 0.25) is 0 Å². The van der Waals surface area contributed by atoms with Crippen LogP contribution in [0, 0.1) is 5.92 Å². The third kappa shape index (κ3) is 8.37. The maximum absolute atomic E-state index is 3.55. The molecule has 1 heteroatoms. The fraction of sp³-hybridized carbons (Fsp3) is 0.684. The molecule has 0 bridgehead atoms. The number of rotatable bonds is 11. The van der Waals surface area contributed by atoms with Gasteiger partial charge >= 0.3 is 0 Å². The lowest BCUT2D eigenvalue weighted by molar-refractivity contribution is 0.582. The molecular weight excluding hydrogens is 242 g/mol. The molecule has 1 aromatic rings. The Labute approximate surface area is 126 Å². The van der Waals surface area contributed by atoms with Crippen molar-refractivity contribution in [3.05, 3.63) is 35.4 Å². The zero-order valence-electron chi connectivity index (χ0n) is 13.8. The third-order valence-corrected chi connectivity index (χ3v) is 3.82. The van der Waals surface area contributed by atoms with E-state index in [1.165, 1.54) is 56.1 Å². The monoisotopic (exact) mass is 275 g/mol. The maximum atomic E-state index is 3.55. The Balaban J connectivity index is 2.12. The van der Waals surface area contributed by atoms with E-state index in [0.717, 1.165) is 19.0 Å². The van der Waals surface area contributed by atoms with Crippen LogP contribution >= 0.6 is 0 Å². The van der Waals surface area contributed by atoms with Crippen LogP contribution in [0.4, 0.5) is 0 Å². The molecule has 0 aliphatic carbocycles. The van der Waals surface area contributed by atoms with Crippen molar-refractivity contribution in [1.29, 1.82) is 0 Å². The van der Waals surface area contributed by atoms with Crippen LogP contribution in [0.15, 0.2) is 24.3 Å². The van der Waals surface area contributed by atoms with Crippen molar-refractivity contribution in [3.8, 4) is 0 Å². The molecule has 1 N–H and O–H groups in total. The normalized spacial score (nSPS) is 11.2. The van der Waals surface area contributed by atoms with E-state index in [1.54, 1.807) is 0 Å². The summed E-state index contributed by atoms with van der Waals surface area (Å²) >= 11 is 0. The number of hydrogen-bond donors (Lipinski definition) is 1. The van der Waals surface area contributed by atoms with Crippen LogP contribution in [0.3, 0.4) is 0 Å². The van der Waals surface area contributed by atoms with Gasteiger partial charge in [-0.1, -0.05) is 70.7 Å². The maximum Gasteiger partial charge on any atom is 0.0205 e. The lowest BCUT2D eigenvalue weighted by atomic mass is 10.0. The van der Waals surface area contributed by atoms with Gasteiger partial charge in [0, 0.05) is 6.54 Å². The second kappa shape index (κ2) is 10.9. The van der Waals surface area contributed by atoms with Crippen molar-refractivity contribution >= 4 is 0 Å². The van der Waals surface area contributed by atoms with Crippen molar-refractivity contribution in [1.82, 2.24) is 5.32 Å². The lowest BCUT2D eigenvalue weighted by Crippen LogP contribution is -2.14. The van der Waals surface area contributed by atoms with Gasteiger partial charge in [0.15, 0.2) is 0 Å². The van der Waals surface area contributed by atoms with E-state index in [2.05, 4.69) is 50.4 Å². The molecule has 0 aliphatic rings. The Bertz CT molecular complexity index is 326. The van der Waals surface area contributed by atoms with Gasteiger partial charge in [-0.15, -0.1) is 0 Å². The van der Waals surface area contributed by atoms with E-state index in [9.17, 15) is 0 Å². The van der Waals surface area contributed by atoms with Crippen LogP contribution in [-0.2, 0) is 13.0 Å². The summed E-state index contributed by atoms with van der Waals surface area (Å²) in [6.45, 7) is 9.01. The predicted octanol–water partition coefficient (Wildman–Crippen LogP) is 5.34. The molecule has 0 heterocycles. The Morgan fingerprint density at radius 1 is 0.900 bits per heavy atom. The van der Waals surface area contributed by atoms with Gasteiger partial charge in [-0.2, -0.15) is 0 Å². The van der Waals surface area contributed by atoms with Gasteiger partial charge in [-0.05, 0) is 42.9 Å². The van der Waals surface area contributed by atoms with Crippen molar-refractivity contribution in [2.45, 2.75) is 72.3 Å². The van der Waals surface area contributed by atoms with E-state index >= 15 is 0 Å². The average Bonchev–Trinajstić information content (AvgIpc) is 2.45. The van der Waals surface area contributed by atoms with Crippen LogP contribution in [0.5, 0.6) is 0 Å². The first-order valence-electron chi connectivity index (χ1n) is 8.51. The summed E-state index contributed by atoms with van der Waals surface area (Å²) in [4.78, 5) is 0. The van der Waals surface area contributed by atoms with Crippen LogP contribution in [-0.4, -0.2) is 6.54 Å². The molecule has 1 aromatic carbocycles. The SMILES string of the molecule is CCCCCCCNCc1ccc(CCC(C)C)cc1. The first-order valence-corrected chi connectivity index (χ1v) is 8.51. The molecule has 0 unspecified atom stereocenters. The highest BCUT2D eigenvalue weighted by Gasteiger charge is 1.98. The highest BCUT2D eigenvalue weighted by Crippen LogP contribution is 2.10. The highest BCUT2D eigenvalue weighted by molar-refractivity contribution is 5.22. The van der Waals surface area contributed by atoms with Crippen LogP contribution in [0.2, 0.25) is 0 Å². The molecule has 1 nitrogen and oxygen atoms in total. The van der Waals surface area contributed by atoms with E-state index < -0.39 is 0 Å². The first-order chi connectivity index (χ1) is 9.72. The number of nitrogens with one attached hydrogen (secondary N) is 1. The summed E-state index contributed by atoms with van der Waals surface area (Å²) < 4.78 is 0. The minimum absolute atomic E-state index is 0.795. The molecule has 20 heavy (non-hydrogen) atoms. The number of hydrogen-bond acceptors (Lipinski definition) is 1. The van der Waals surface area contributed by atoms with Crippen LogP contribution in [0.1, 0.15) is 70.4 Å². The van der Waals surface area contributed by atoms with E-state index in [-0.39, 0.29) is 0 Å². The zero-order chi connectivity index (χ0) is 14.6. The number of benzene rings is 1. The summed E-state index contributed by atoms with van der Waals surface area (Å²) in [7, 11) is 0. The molecule has 0 saturated carbocycles. The van der Waals surface area contributed by atoms with Crippen molar-refractivity contribution < 1.29 is 0 Å².